The molecule has 1 amide bonds. The molecule has 5 atom stereocenters. The number of carbonyl (C=O) groups excluding carboxylic acids is 1. The molecule has 0 heterocycles. The number of carbonyl (C=O) groups is 1. The topological polar surface area (TPSA) is 79.5 Å². The summed E-state index contributed by atoms with van der Waals surface area (Å²) in [5.74, 6) is 0.426. The second-order valence-corrected chi connectivity index (χ2v) is 6.32. The number of primary amides is 1. The summed E-state index contributed by atoms with van der Waals surface area (Å²) in [5, 5.41) is 5.80. The van der Waals surface area contributed by atoms with Crippen molar-refractivity contribution >= 4 is 22.8 Å². The first-order valence-electron chi connectivity index (χ1n) is 7.20. The number of hydrogen-bond acceptors (Lipinski definition) is 3. The highest BCUT2D eigenvalue weighted by atomic mass is 35.5. The Morgan fingerprint density at radius 1 is 1.52 bits per heavy atom. The van der Waals surface area contributed by atoms with Gasteiger partial charge in [-0.15, -0.1) is 0 Å². The lowest BCUT2D eigenvalue weighted by Gasteiger charge is -2.33. The van der Waals surface area contributed by atoms with Gasteiger partial charge in [-0.3, -0.25) is 9.79 Å². The Balaban J connectivity index is 1.93. The van der Waals surface area contributed by atoms with Gasteiger partial charge >= 0.3 is 0 Å². The minimum Gasteiger partial charge on any atom is -0.369 e. The number of rotatable bonds is 5. The third-order valence-corrected chi connectivity index (χ3v) is 4.99. The molecule has 118 valence electrons. The molecule has 0 aromatic carbocycles. The van der Waals surface area contributed by atoms with E-state index in [0.717, 1.165) is 19.0 Å². The first-order valence-corrected chi connectivity index (χ1v) is 7.58. The summed E-state index contributed by atoms with van der Waals surface area (Å²) in [7, 11) is 1.51. The van der Waals surface area contributed by atoms with Crippen LogP contribution < -0.4 is 16.4 Å². The summed E-state index contributed by atoms with van der Waals surface area (Å²) in [6, 6.07) is -0.0364. The zero-order valence-electron chi connectivity index (χ0n) is 12.3. The molecular formula is C14H22ClFN4O. The molecule has 2 bridgehead atoms. The summed E-state index contributed by atoms with van der Waals surface area (Å²) >= 11 is 5.62. The van der Waals surface area contributed by atoms with E-state index in [1.165, 1.54) is 7.05 Å². The van der Waals surface area contributed by atoms with Crippen LogP contribution in [0.4, 0.5) is 4.39 Å². The van der Waals surface area contributed by atoms with Crippen LogP contribution in [0.1, 0.15) is 19.8 Å². The molecule has 5 unspecified atom stereocenters. The van der Waals surface area contributed by atoms with Crippen molar-refractivity contribution in [2.24, 2.45) is 34.4 Å². The second-order valence-electron chi connectivity index (χ2n) is 5.96. The van der Waals surface area contributed by atoms with Gasteiger partial charge in [-0.2, -0.15) is 0 Å². The molecule has 0 radical (unpaired) electrons. The van der Waals surface area contributed by atoms with Gasteiger partial charge in [0.15, 0.2) is 5.29 Å². The first-order chi connectivity index (χ1) is 9.93. The summed E-state index contributed by atoms with van der Waals surface area (Å²) < 4.78 is 13.7. The SMILES string of the molecule is CN=C(Cl)NC=C(F)CNC1C2CC(CC2C)C1C(N)=O. The highest BCUT2D eigenvalue weighted by molar-refractivity contribution is 6.64. The smallest absolute Gasteiger partial charge is 0.222 e. The fourth-order valence-corrected chi connectivity index (χ4v) is 3.89. The monoisotopic (exact) mass is 316 g/mol. The van der Waals surface area contributed by atoms with Gasteiger partial charge in [0.05, 0.1) is 5.92 Å². The number of halogens is 2. The van der Waals surface area contributed by atoms with Crippen LogP contribution in [-0.2, 0) is 4.79 Å². The van der Waals surface area contributed by atoms with Crippen molar-refractivity contribution < 1.29 is 9.18 Å². The van der Waals surface area contributed by atoms with Crippen molar-refractivity contribution in [3.05, 3.63) is 12.0 Å². The molecule has 0 spiro atoms. The van der Waals surface area contributed by atoms with Crippen LogP contribution in [0.15, 0.2) is 17.0 Å². The average molecular weight is 317 g/mol. The van der Waals surface area contributed by atoms with Crippen molar-refractivity contribution in [2.75, 3.05) is 13.6 Å². The molecule has 2 aliphatic rings. The highest BCUT2D eigenvalue weighted by Gasteiger charge is 2.53. The van der Waals surface area contributed by atoms with Crippen LogP contribution in [-0.4, -0.2) is 30.8 Å². The Bertz CT molecular complexity index is 468. The maximum atomic E-state index is 13.7. The van der Waals surface area contributed by atoms with Crippen LogP contribution in [0.3, 0.4) is 0 Å². The Morgan fingerprint density at radius 3 is 2.86 bits per heavy atom. The van der Waals surface area contributed by atoms with Gasteiger partial charge in [0.1, 0.15) is 5.83 Å². The standard InChI is InChI=1S/C14H22ClFN4O/c1-7-3-8-4-10(7)12(11(8)13(17)21)19-5-9(16)6-20-14(15)18-2/h6-8,10-12,19H,3-5H2,1-2H3,(H2,17,21)(H,18,20). The third kappa shape index (κ3) is 3.55. The zero-order chi connectivity index (χ0) is 15.6. The van der Waals surface area contributed by atoms with Gasteiger partial charge in [-0.05, 0) is 42.2 Å². The number of nitrogens with zero attached hydrogens (tertiary/aromatic N) is 1. The maximum Gasteiger partial charge on any atom is 0.222 e. The minimum absolute atomic E-state index is 0.0364. The van der Waals surface area contributed by atoms with Gasteiger partial charge in [-0.1, -0.05) is 6.92 Å². The first kappa shape index (κ1) is 16.2. The lowest BCUT2D eigenvalue weighted by atomic mass is 9.78. The van der Waals surface area contributed by atoms with E-state index in [1.807, 2.05) is 0 Å². The second kappa shape index (κ2) is 6.75. The summed E-state index contributed by atoms with van der Waals surface area (Å²) in [6.45, 7) is 2.23. The number of amidine groups is 1. The van der Waals surface area contributed by atoms with Gasteiger partial charge in [0.25, 0.3) is 0 Å². The number of nitrogens with one attached hydrogen (secondary N) is 2. The van der Waals surface area contributed by atoms with Gasteiger partial charge in [0.2, 0.25) is 5.91 Å². The Labute approximate surface area is 129 Å². The van der Waals surface area contributed by atoms with Crippen molar-refractivity contribution in [2.45, 2.75) is 25.8 Å². The zero-order valence-corrected chi connectivity index (χ0v) is 13.0. The molecule has 5 nitrogen and oxygen atoms in total. The van der Waals surface area contributed by atoms with Crippen LogP contribution in [0, 0.1) is 23.7 Å². The van der Waals surface area contributed by atoms with E-state index < -0.39 is 5.83 Å². The Morgan fingerprint density at radius 2 is 2.24 bits per heavy atom. The summed E-state index contributed by atoms with van der Waals surface area (Å²) in [6.07, 6.45) is 3.21. The number of amides is 1. The van der Waals surface area contributed by atoms with Crippen LogP contribution in [0.5, 0.6) is 0 Å². The van der Waals surface area contributed by atoms with E-state index in [1.54, 1.807) is 0 Å². The number of aliphatic imine (C=N–C) groups is 1. The van der Waals surface area contributed by atoms with Crippen molar-refractivity contribution in [3.8, 4) is 0 Å². The predicted molar refractivity (Wildman–Crippen MR) is 81.4 cm³/mol. The molecule has 2 fully saturated rings. The quantitative estimate of drug-likeness (QED) is 0.407. The number of nitrogens with two attached hydrogens (primary N) is 1. The summed E-state index contributed by atoms with van der Waals surface area (Å²) in [5.41, 5.74) is 5.51. The van der Waals surface area contributed by atoms with E-state index in [2.05, 4.69) is 22.5 Å². The number of hydrogen-bond donors (Lipinski definition) is 3. The van der Waals surface area contributed by atoms with E-state index >= 15 is 0 Å². The molecule has 2 saturated carbocycles. The minimum atomic E-state index is -0.393. The lowest BCUT2D eigenvalue weighted by molar-refractivity contribution is -0.124. The Hall–Kier alpha value is -1.14. The molecule has 0 aromatic rings. The maximum absolute atomic E-state index is 13.7. The normalized spacial score (nSPS) is 36.1. The largest absolute Gasteiger partial charge is 0.369 e. The van der Waals surface area contributed by atoms with Gasteiger partial charge < -0.3 is 16.4 Å². The number of fused-ring (bicyclic) bond motifs is 2. The van der Waals surface area contributed by atoms with E-state index in [-0.39, 0.29) is 29.7 Å². The summed E-state index contributed by atoms with van der Waals surface area (Å²) in [4.78, 5) is 15.3. The van der Waals surface area contributed by atoms with Crippen molar-refractivity contribution in [1.82, 2.24) is 10.6 Å². The molecule has 2 rings (SSSR count). The van der Waals surface area contributed by atoms with E-state index in [4.69, 9.17) is 17.3 Å². The van der Waals surface area contributed by atoms with Crippen molar-refractivity contribution in [1.29, 1.82) is 0 Å². The average Bonchev–Trinajstić information content (AvgIpc) is 2.98. The van der Waals surface area contributed by atoms with E-state index in [9.17, 15) is 9.18 Å². The van der Waals surface area contributed by atoms with E-state index in [0.29, 0.717) is 17.8 Å². The lowest BCUT2D eigenvalue weighted by Crippen LogP contribution is -2.48. The molecular weight excluding hydrogens is 295 g/mol. The third-order valence-electron chi connectivity index (χ3n) is 4.72. The fourth-order valence-electron chi connectivity index (χ4n) is 3.84. The molecule has 0 saturated heterocycles. The fraction of sp³-hybridized carbons (Fsp3) is 0.714. The van der Waals surface area contributed by atoms with Crippen LogP contribution in [0.2, 0.25) is 0 Å². The molecule has 2 aliphatic carbocycles. The van der Waals surface area contributed by atoms with Gasteiger partial charge in [0, 0.05) is 25.8 Å². The highest BCUT2D eigenvalue weighted by Crippen LogP contribution is 2.51. The van der Waals surface area contributed by atoms with Crippen molar-refractivity contribution in [3.63, 3.8) is 0 Å². The predicted octanol–water partition coefficient (Wildman–Crippen LogP) is 1.35. The molecule has 7 heteroatoms. The molecule has 4 N–H and O–H groups in total. The molecule has 0 aliphatic heterocycles. The molecule has 0 aromatic heterocycles. The van der Waals surface area contributed by atoms with Crippen LogP contribution >= 0.6 is 11.6 Å². The Kier molecular flexibility index (Phi) is 5.22. The molecule has 21 heavy (non-hydrogen) atoms. The van der Waals surface area contributed by atoms with Gasteiger partial charge in [-0.25, -0.2) is 4.39 Å². The van der Waals surface area contributed by atoms with Crippen LogP contribution in [0.25, 0.3) is 0 Å².